The second-order valence-corrected chi connectivity index (χ2v) is 6.99. The summed E-state index contributed by atoms with van der Waals surface area (Å²) in [5.74, 6) is 0.556. The molecule has 0 N–H and O–H groups in total. The van der Waals surface area contributed by atoms with Gasteiger partial charge in [0.05, 0.1) is 17.1 Å². The van der Waals surface area contributed by atoms with Gasteiger partial charge in [0, 0.05) is 33.7 Å². The van der Waals surface area contributed by atoms with E-state index in [1.807, 2.05) is 24.3 Å². The zero-order valence-electron chi connectivity index (χ0n) is 14.5. The first-order valence-electron chi connectivity index (χ1n) is 8.39. The van der Waals surface area contributed by atoms with Gasteiger partial charge in [-0.25, -0.2) is 4.98 Å². The third kappa shape index (κ3) is 2.76. The van der Waals surface area contributed by atoms with E-state index >= 15 is 0 Å². The monoisotopic (exact) mass is 408 g/mol. The Morgan fingerprint density at radius 3 is 2.81 bits per heavy atom. The smallest absolute Gasteiger partial charge is 0.282 e. The number of fused-ring (bicyclic) bond motifs is 2. The van der Waals surface area contributed by atoms with Gasteiger partial charge in [-0.3, -0.25) is 4.79 Å². The summed E-state index contributed by atoms with van der Waals surface area (Å²) >= 11 is 3.41. The van der Waals surface area contributed by atoms with Crippen LogP contribution in [-0.2, 0) is 6.54 Å². The Balaban J connectivity index is 1.87. The van der Waals surface area contributed by atoms with Crippen LogP contribution in [-0.4, -0.2) is 20.4 Å². The lowest BCUT2D eigenvalue weighted by Gasteiger charge is -2.05. The maximum Gasteiger partial charge on any atom is 0.282 e. The van der Waals surface area contributed by atoms with Crippen molar-refractivity contribution in [3.05, 3.63) is 74.9 Å². The number of hydrogen-bond acceptors (Lipinski definition) is 3. The summed E-state index contributed by atoms with van der Waals surface area (Å²) in [6, 6.07) is 13.7. The molecule has 2 heterocycles. The Labute approximate surface area is 158 Å². The van der Waals surface area contributed by atoms with Gasteiger partial charge in [0.25, 0.3) is 5.56 Å². The minimum atomic E-state index is -0.177. The molecular formula is C20H17BrN4O. The largest absolute Gasteiger partial charge is 0.347 e. The Kier molecular flexibility index (Phi) is 4.20. The fraction of sp³-hybridized carbons (Fsp3) is 0.150. The van der Waals surface area contributed by atoms with Crippen molar-refractivity contribution in [3.8, 4) is 0 Å². The van der Waals surface area contributed by atoms with E-state index in [-0.39, 0.29) is 5.56 Å². The van der Waals surface area contributed by atoms with Crippen molar-refractivity contribution < 1.29 is 0 Å². The highest BCUT2D eigenvalue weighted by Crippen LogP contribution is 2.20. The van der Waals surface area contributed by atoms with Crippen LogP contribution in [0.2, 0.25) is 0 Å². The average molecular weight is 409 g/mol. The number of rotatable bonds is 3. The van der Waals surface area contributed by atoms with Gasteiger partial charge in [-0.1, -0.05) is 34.1 Å². The highest BCUT2D eigenvalue weighted by molar-refractivity contribution is 9.10. The van der Waals surface area contributed by atoms with Crippen LogP contribution in [0.5, 0.6) is 0 Å². The molecule has 26 heavy (non-hydrogen) atoms. The minimum Gasteiger partial charge on any atom is -0.347 e. The summed E-state index contributed by atoms with van der Waals surface area (Å²) < 4.78 is 4.36. The number of halogens is 1. The molecule has 4 rings (SSSR count). The molecule has 0 aliphatic carbocycles. The van der Waals surface area contributed by atoms with E-state index in [4.69, 9.17) is 0 Å². The third-order valence-corrected chi connectivity index (χ3v) is 4.94. The quantitative estimate of drug-likeness (QED) is 0.473. The molecule has 0 radical (unpaired) electrons. The standard InChI is InChI=1S/C20H17BrN4O/c1-3-24-12-14(16-6-4-5-7-19(16)24)11-22-25-13(2)23-18-9-8-15(21)10-17(18)20(25)26/h4-12H,3H2,1-2H3. The molecule has 0 saturated carbocycles. The van der Waals surface area contributed by atoms with E-state index in [1.165, 1.54) is 4.68 Å². The first kappa shape index (κ1) is 16.7. The second-order valence-electron chi connectivity index (χ2n) is 6.07. The van der Waals surface area contributed by atoms with Gasteiger partial charge in [-0.2, -0.15) is 9.78 Å². The summed E-state index contributed by atoms with van der Waals surface area (Å²) in [5.41, 5.74) is 2.62. The van der Waals surface area contributed by atoms with Crippen LogP contribution in [0.25, 0.3) is 21.8 Å². The van der Waals surface area contributed by atoms with Crippen molar-refractivity contribution in [2.45, 2.75) is 20.4 Å². The second kappa shape index (κ2) is 6.53. The van der Waals surface area contributed by atoms with E-state index in [1.54, 1.807) is 19.2 Å². The molecule has 0 atom stereocenters. The molecule has 0 aliphatic heterocycles. The molecule has 6 heteroatoms. The molecule has 2 aromatic carbocycles. The molecule has 130 valence electrons. The summed E-state index contributed by atoms with van der Waals surface area (Å²) in [6.07, 6.45) is 3.79. The average Bonchev–Trinajstić information content (AvgIpc) is 3.00. The fourth-order valence-corrected chi connectivity index (χ4v) is 3.52. The Morgan fingerprint density at radius 2 is 2.00 bits per heavy atom. The van der Waals surface area contributed by atoms with Crippen LogP contribution in [0, 0.1) is 6.92 Å². The van der Waals surface area contributed by atoms with Crippen LogP contribution in [0.4, 0.5) is 0 Å². The van der Waals surface area contributed by atoms with Crippen LogP contribution in [0.3, 0.4) is 0 Å². The van der Waals surface area contributed by atoms with Crippen molar-refractivity contribution in [3.63, 3.8) is 0 Å². The highest BCUT2D eigenvalue weighted by atomic mass is 79.9. The Bertz CT molecular complexity index is 1220. The number of hydrogen-bond donors (Lipinski definition) is 0. The molecule has 0 aliphatic rings. The predicted molar refractivity (Wildman–Crippen MR) is 109 cm³/mol. The molecule has 4 aromatic rings. The maximum atomic E-state index is 12.8. The van der Waals surface area contributed by atoms with E-state index in [9.17, 15) is 4.79 Å². The minimum absolute atomic E-state index is 0.177. The molecular weight excluding hydrogens is 392 g/mol. The molecule has 0 bridgehead atoms. The number of para-hydroxylation sites is 1. The van der Waals surface area contributed by atoms with E-state index in [2.05, 4.69) is 55.8 Å². The van der Waals surface area contributed by atoms with Gasteiger partial charge in [-0.05, 0) is 38.1 Å². The van der Waals surface area contributed by atoms with Crippen LogP contribution in [0.15, 0.2) is 63.0 Å². The molecule has 0 fully saturated rings. The zero-order chi connectivity index (χ0) is 18.3. The number of aromatic nitrogens is 3. The first-order valence-corrected chi connectivity index (χ1v) is 9.19. The van der Waals surface area contributed by atoms with E-state index in [0.717, 1.165) is 27.5 Å². The van der Waals surface area contributed by atoms with Gasteiger partial charge in [0.2, 0.25) is 0 Å². The van der Waals surface area contributed by atoms with E-state index in [0.29, 0.717) is 16.7 Å². The number of nitrogens with zero attached hydrogens (tertiary/aromatic N) is 4. The fourth-order valence-electron chi connectivity index (χ4n) is 3.16. The molecule has 0 spiro atoms. The topological polar surface area (TPSA) is 52.2 Å². The number of benzene rings is 2. The Morgan fingerprint density at radius 1 is 1.19 bits per heavy atom. The molecule has 0 saturated heterocycles. The van der Waals surface area contributed by atoms with Gasteiger partial charge in [0.1, 0.15) is 5.82 Å². The Hall–Kier alpha value is -2.73. The van der Waals surface area contributed by atoms with E-state index < -0.39 is 0 Å². The highest BCUT2D eigenvalue weighted by Gasteiger charge is 2.09. The van der Waals surface area contributed by atoms with Crippen molar-refractivity contribution in [1.29, 1.82) is 0 Å². The number of aryl methyl sites for hydroxylation is 2. The molecule has 0 unspecified atom stereocenters. The maximum absolute atomic E-state index is 12.8. The third-order valence-electron chi connectivity index (χ3n) is 4.44. The summed E-state index contributed by atoms with van der Waals surface area (Å²) in [6.45, 7) is 4.77. The van der Waals surface area contributed by atoms with Crippen molar-refractivity contribution in [2.24, 2.45) is 5.10 Å². The van der Waals surface area contributed by atoms with Crippen molar-refractivity contribution >= 4 is 44.0 Å². The normalized spacial score (nSPS) is 11.8. The van der Waals surface area contributed by atoms with Crippen LogP contribution >= 0.6 is 15.9 Å². The first-order chi connectivity index (χ1) is 12.6. The lowest BCUT2D eigenvalue weighted by atomic mass is 10.2. The zero-order valence-corrected chi connectivity index (χ0v) is 16.1. The van der Waals surface area contributed by atoms with Crippen molar-refractivity contribution in [2.75, 3.05) is 0 Å². The summed E-state index contributed by atoms with van der Waals surface area (Å²) in [4.78, 5) is 17.3. The molecule has 2 aromatic heterocycles. The van der Waals surface area contributed by atoms with Gasteiger partial charge < -0.3 is 4.57 Å². The van der Waals surface area contributed by atoms with Crippen LogP contribution in [0.1, 0.15) is 18.3 Å². The predicted octanol–water partition coefficient (Wildman–Crippen LogP) is 4.32. The van der Waals surface area contributed by atoms with Gasteiger partial charge >= 0.3 is 0 Å². The molecule has 5 nitrogen and oxygen atoms in total. The van der Waals surface area contributed by atoms with Crippen molar-refractivity contribution in [1.82, 2.24) is 14.2 Å². The summed E-state index contributed by atoms with van der Waals surface area (Å²) in [5, 5.41) is 6.09. The SMILES string of the molecule is CCn1cc(C=Nn2c(C)nc3ccc(Br)cc3c2=O)c2ccccc21. The van der Waals surface area contributed by atoms with Gasteiger partial charge in [-0.15, -0.1) is 0 Å². The lowest BCUT2D eigenvalue weighted by Crippen LogP contribution is -2.20. The summed E-state index contributed by atoms with van der Waals surface area (Å²) in [7, 11) is 0. The lowest BCUT2D eigenvalue weighted by molar-refractivity contribution is 0.770. The van der Waals surface area contributed by atoms with Crippen LogP contribution < -0.4 is 5.56 Å². The molecule has 0 amide bonds. The van der Waals surface area contributed by atoms with Gasteiger partial charge in [0.15, 0.2) is 0 Å².